The Morgan fingerprint density at radius 2 is 1.83 bits per heavy atom. The molecular weight excluding hydrogens is 229 g/mol. The first-order valence-electron chi connectivity index (χ1n) is 5.66. The third-order valence-electron chi connectivity index (χ3n) is 2.88. The number of ketones is 1. The van der Waals surface area contributed by atoms with E-state index in [1.165, 1.54) is 18.2 Å². The molecule has 2 nitrogen and oxygen atoms in total. The average molecular weight is 243 g/mol. The normalized spacial score (nSPS) is 10.4. The van der Waals surface area contributed by atoms with Gasteiger partial charge in [-0.15, -0.1) is 0 Å². The van der Waals surface area contributed by atoms with E-state index >= 15 is 0 Å². The summed E-state index contributed by atoms with van der Waals surface area (Å²) in [6, 6.07) is 9.65. The second-order valence-corrected chi connectivity index (χ2v) is 4.38. The lowest BCUT2D eigenvalue weighted by Gasteiger charge is -2.07. The Hall–Kier alpha value is -2.16. The van der Waals surface area contributed by atoms with Crippen molar-refractivity contribution in [3.63, 3.8) is 0 Å². The van der Waals surface area contributed by atoms with Crippen LogP contribution in [0.25, 0.3) is 0 Å². The van der Waals surface area contributed by atoms with E-state index in [1.54, 1.807) is 6.07 Å². The Morgan fingerprint density at radius 1 is 1.11 bits per heavy atom. The smallest absolute Gasteiger partial charge is 0.193 e. The number of hydrogen-bond donors (Lipinski definition) is 1. The zero-order valence-corrected chi connectivity index (χ0v) is 10.3. The van der Waals surface area contributed by atoms with Crippen LogP contribution in [0.4, 0.5) is 10.1 Å². The van der Waals surface area contributed by atoms with Gasteiger partial charge in [0.05, 0.1) is 5.69 Å². The van der Waals surface area contributed by atoms with E-state index < -0.39 is 5.82 Å². The number of halogens is 1. The molecule has 0 aliphatic carbocycles. The van der Waals surface area contributed by atoms with Gasteiger partial charge >= 0.3 is 0 Å². The average Bonchev–Trinajstić information content (AvgIpc) is 2.32. The highest BCUT2D eigenvalue weighted by Gasteiger charge is 2.13. The van der Waals surface area contributed by atoms with Crippen LogP contribution in [-0.2, 0) is 0 Å². The summed E-state index contributed by atoms with van der Waals surface area (Å²) in [6.07, 6.45) is 0. The predicted molar refractivity (Wildman–Crippen MR) is 70.2 cm³/mol. The van der Waals surface area contributed by atoms with Crippen LogP contribution >= 0.6 is 0 Å². The number of benzene rings is 2. The molecule has 0 aliphatic heterocycles. The van der Waals surface area contributed by atoms with E-state index in [-0.39, 0.29) is 11.5 Å². The lowest BCUT2D eigenvalue weighted by atomic mass is 9.97. The molecule has 18 heavy (non-hydrogen) atoms. The van der Waals surface area contributed by atoms with Gasteiger partial charge in [0.15, 0.2) is 5.78 Å². The monoisotopic (exact) mass is 243 g/mol. The van der Waals surface area contributed by atoms with E-state index in [1.807, 2.05) is 26.0 Å². The second kappa shape index (κ2) is 4.61. The predicted octanol–water partition coefficient (Wildman–Crippen LogP) is 3.26. The van der Waals surface area contributed by atoms with Gasteiger partial charge in [-0.05, 0) is 37.6 Å². The Kier molecular flexibility index (Phi) is 3.15. The van der Waals surface area contributed by atoms with Gasteiger partial charge in [-0.3, -0.25) is 4.79 Å². The molecule has 0 saturated heterocycles. The number of carbonyl (C=O) groups is 1. The number of carbonyl (C=O) groups excluding carboxylic acids is 1. The Morgan fingerprint density at radius 3 is 2.44 bits per heavy atom. The third-order valence-corrected chi connectivity index (χ3v) is 2.88. The van der Waals surface area contributed by atoms with Gasteiger partial charge in [0, 0.05) is 11.1 Å². The van der Waals surface area contributed by atoms with Gasteiger partial charge in [-0.1, -0.05) is 23.8 Å². The number of nitrogens with two attached hydrogens (primary N) is 1. The largest absolute Gasteiger partial charge is 0.396 e. The van der Waals surface area contributed by atoms with Gasteiger partial charge < -0.3 is 5.73 Å². The van der Waals surface area contributed by atoms with E-state index in [2.05, 4.69) is 0 Å². The molecule has 2 N–H and O–H groups in total. The molecule has 0 atom stereocenters. The first kappa shape index (κ1) is 12.3. The minimum Gasteiger partial charge on any atom is -0.396 e. The van der Waals surface area contributed by atoms with Crippen LogP contribution in [0.2, 0.25) is 0 Å². The first-order chi connectivity index (χ1) is 8.49. The highest BCUT2D eigenvalue weighted by Crippen LogP contribution is 2.18. The van der Waals surface area contributed by atoms with Crippen LogP contribution < -0.4 is 5.73 Å². The SMILES string of the molecule is Cc1ccc(C(=O)c2ccc(F)c(N)c2)c(C)c1. The van der Waals surface area contributed by atoms with Gasteiger partial charge in [0.1, 0.15) is 5.82 Å². The van der Waals surface area contributed by atoms with Gasteiger partial charge in [0.25, 0.3) is 0 Å². The fraction of sp³-hybridized carbons (Fsp3) is 0.133. The number of anilines is 1. The zero-order chi connectivity index (χ0) is 13.3. The molecule has 2 rings (SSSR count). The van der Waals surface area contributed by atoms with Crippen molar-refractivity contribution in [2.24, 2.45) is 0 Å². The quantitative estimate of drug-likeness (QED) is 0.650. The van der Waals surface area contributed by atoms with Crippen LogP contribution in [0.15, 0.2) is 36.4 Å². The van der Waals surface area contributed by atoms with E-state index in [4.69, 9.17) is 5.73 Å². The summed E-state index contributed by atoms with van der Waals surface area (Å²) >= 11 is 0. The number of hydrogen-bond acceptors (Lipinski definition) is 2. The maximum atomic E-state index is 13.1. The summed E-state index contributed by atoms with van der Waals surface area (Å²) in [5.41, 5.74) is 8.49. The van der Waals surface area contributed by atoms with Gasteiger partial charge in [0.2, 0.25) is 0 Å². The molecule has 3 heteroatoms. The summed E-state index contributed by atoms with van der Waals surface area (Å²) < 4.78 is 13.1. The van der Waals surface area contributed by atoms with Crippen LogP contribution in [-0.4, -0.2) is 5.78 Å². The van der Waals surface area contributed by atoms with Gasteiger partial charge in [-0.2, -0.15) is 0 Å². The van der Waals surface area contributed by atoms with Crippen LogP contribution in [0, 0.1) is 19.7 Å². The van der Waals surface area contributed by atoms with Crippen molar-refractivity contribution in [3.05, 3.63) is 64.5 Å². The minimum absolute atomic E-state index is 0.00869. The molecule has 0 heterocycles. The third kappa shape index (κ3) is 2.25. The van der Waals surface area contributed by atoms with Crippen LogP contribution in [0.3, 0.4) is 0 Å². The molecule has 0 spiro atoms. The maximum absolute atomic E-state index is 13.1. The van der Waals surface area contributed by atoms with Gasteiger partial charge in [-0.25, -0.2) is 4.39 Å². The fourth-order valence-electron chi connectivity index (χ4n) is 1.91. The zero-order valence-electron chi connectivity index (χ0n) is 10.3. The molecular formula is C15H14FNO. The van der Waals surface area contributed by atoms with Crippen molar-refractivity contribution in [3.8, 4) is 0 Å². The first-order valence-corrected chi connectivity index (χ1v) is 5.66. The highest BCUT2D eigenvalue weighted by molar-refractivity contribution is 6.10. The number of aryl methyl sites for hydroxylation is 2. The molecule has 2 aromatic rings. The molecule has 0 bridgehead atoms. The summed E-state index contributed by atoms with van der Waals surface area (Å²) in [6.45, 7) is 3.85. The van der Waals surface area contributed by atoms with Crippen molar-refractivity contribution in [2.45, 2.75) is 13.8 Å². The molecule has 92 valence electrons. The molecule has 0 unspecified atom stereocenters. The van der Waals surface area contributed by atoms with Crippen molar-refractivity contribution < 1.29 is 9.18 Å². The molecule has 2 aromatic carbocycles. The summed E-state index contributed by atoms with van der Waals surface area (Å²) in [7, 11) is 0. The molecule has 0 aromatic heterocycles. The van der Waals surface area contributed by atoms with Crippen molar-refractivity contribution in [1.82, 2.24) is 0 Å². The number of nitrogen functional groups attached to an aromatic ring is 1. The molecule has 0 aliphatic rings. The standard InChI is InChI=1S/C15H14FNO/c1-9-3-5-12(10(2)7-9)15(18)11-4-6-13(16)14(17)8-11/h3-8H,17H2,1-2H3. The topological polar surface area (TPSA) is 43.1 Å². The molecule has 0 fully saturated rings. The lowest BCUT2D eigenvalue weighted by molar-refractivity contribution is 0.103. The highest BCUT2D eigenvalue weighted by atomic mass is 19.1. The summed E-state index contributed by atoms with van der Waals surface area (Å²) in [5, 5.41) is 0. The lowest BCUT2D eigenvalue weighted by Crippen LogP contribution is -2.05. The van der Waals surface area contributed by atoms with Crippen LogP contribution in [0.1, 0.15) is 27.0 Å². The fourth-order valence-corrected chi connectivity index (χ4v) is 1.91. The van der Waals surface area contributed by atoms with E-state index in [0.717, 1.165) is 11.1 Å². The summed E-state index contributed by atoms with van der Waals surface area (Å²) in [5.74, 6) is -0.647. The molecule has 0 amide bonds. The Balaban J connectivity index is 2.44. The molecule has 0 radical (unpaired) electrons. The number of rotatable bonds is 2. The minimum atomic E-state index is -0.507. The van der Waals surface area contributed by atoms with E-state index in [9.17, 15) is 9.18 Å². The van der Waals surface area contributed by atoms with E-state index in [0.29, 0.717) is 11.1 Å². The van der Waals surface area contributed by atoms with Crippen LogP contribution in [0.5, 0.6) is 0 Å². The molecule has 0 saturated carbocycles. The Labute approximate surface area is 105 Å². The van der Waals surface area contributed by atoms with Crippen molar-refractivity contribution in [2.75, 3.05) is 5.73 Å². The maximum Gasteiger partial charge on any atom is 0.193 e. The Bertz CT molecular complexity index is 620. The second-order valence-electron chi connectivity index (χ2n) is 4.38. The summed E-state index contributed by atoms with van der Waals surface area (Å²) in [4.78, 5) is 12.3. The van der Waals surface area contributed by atoms with Crippen molar-refractivity contribution >= 4 is 11.5 Å². The van der Waals surface area contributed by atoms with Crippen molar-refractivity contribution in [1.29, 1.82) is 0 Å².